The van der Waals surface area contributed by atoms with Crippen LogP contribution >= 0.6 is 0 Å². The first-order valence-electron chi connectivity index (χ1n) is 10.4. The van der Waals surface area contributed by atoms with E-state index in [9.17, 15) is 9.59 Å². The minimum Gasteiger partial charge on any atom is -0.381 e. The molecule has 2 aliphatic heterocycles. The van der Waals surface area contributed by atoms with Gasteiger partial charge in [-0.15, -0.1) is 0 Å². The van der Waals surface area contributed by atoms with E-state index in [1.165, 1.54) is 5.56 Å². The number of benzene rings is 2. The molecule has 29 heavy (non-hydrogen) atoms. The lowest BCUT2D eigenvalue weighted by Gasteiger charge is -2.37. The Kier molecular flexibility index (Phi) is 5.95. The lowest BCUT2D eigenvalue weighted by molar-refractivity contribution is -0.130. The number of aryl methyl sites for hydroxylation is 1. The average Bonchev–Trinajstić information content (AvgIpc) is 3.13. The second-order valence-electron chi connectivity index (χ2n) is 8.14. The van der Waals surface area contributed by atoms with Gasteiger partial charge in [0.1, 0.15) is 0 Å². The van der Waals surface area contributed by atoms with Crippen molar-refractivity contribution in [3.8, 4) is 0 Å². The molecule has 2 heterocycles. The standard InChI is InChI=1S/C24H28N2O3/c27-22(12-11-19-7-3-1-4-8-19)26-17-21(24(18-26)13-15-29-16-14-24)23(28)25-20-9-5-2-6-10-20/h1-10,21H,11-18H2,(H,25,28). The lowest BCUT2D eigenvalue weighted by atomic mass is 9.71. The first kappa shape index (κ1) is 19.6. The number of nitrogens with zero attached hydrogens (tertiary/aromatic N) is 1. The molecule has 5 heteroatoms. The predicted octanol–water partition coefficient (Wildman–Crippen LogP) is 3.51. The number of ether oxygens (including phenoxy) is 1. The van der Waals surface area contributed by atoms with Gasteiger partial charge in [-0.25, -0.2) is 0 Å². The molecule has 1 unspecified atom stereocenters. The highest BCUT2D eigenvalue weighted by Gasteiger charge is 2.51. The van der Waals surface area contributed by atoms with Crippen LogP contribution in [0.25, 0.3) is 0 Å². The zero-order valence-corrected chi connectivity index (χ0v) is 16.7. The molecular weight excluding hydrogens is 364 g/mol. The molecule has 2 aromatic carbocycles. The molecule has 2 amide bonds. The molecule has 0 aromatic heterocycles. The van der Waals surface area contributed by atoms with Gasteiger partial charge in [-0.3, -0.25) is 9.59 Å². The fourth-order valence-corrected chi connectivity index (χ4v) is 4.61. The first-order valence-corrected chi connectivity index (χ1v) is 10.4. The molecule has 0 radical (unpaired) electrons. The van der Waals surface area contributed by atoms with E-state index in [0.717, 1.165) is 24.9 Å². The number of carbonyl (C=O) groups excluding carboxylic acids is 2. The van der Waals surface area contributed by atoms with Gasteiger partial charge in [0.25, 0.3) is 0 Å². The van der Waals surface area contributed by atoms with Gasteiger partial charge < -0.3 is 15.0 Å². The van der Waals surface area contributed by atoms with Crippen LogP contribution in [0, 0.1) is 11.3 Å². The summed E-state index contributed by atoms with van der Waals surface area (Å²) < 4.78 is 5.57. The summed E-state index contributed by atoms with van der Waals surface area (Å²) >= 11 is 0. The van der Waals surface area contributed by atoms with E-state index in [4.69, 9.17) is 4.74 Å². The highest BCUT2D eigenvalue weighted by molar-refractivity contribution is 5.94. The van der Waals surface area contributed by atoms with Crippen molar-refractivity contribution in [2.75, 3.05) is 31.6 Å². The fourth-order valence-electron chi connectivity index (χ4n) is 4.61. The minimum absolute atomic E-state index is 0.0106. The quantitative estimate of drug-likeness (QED) is 0.847. The van der Waals surface area contributed by atoms with E-state index in [1.54, 1.807) is 0 Å². The Labute approximate surface area is 172 Å². The number of amides is 2. The van der Waals surface area contributed by atoms with Crippen molar-refractivity contribution < 1.29 is 14.3 Å². The average molecular weight is 392 g/mol. The molecule has 1 atom stereocenters. The summed E-state index contributed by atoms with van der Waals surface area (Å²) in [5.41, 5.74) is 1.78. The van der Waals surface area contributed by atoms with Gasteiger partial charge in [0.2, 0.25) is 11.8 Å². The molecule has 4 rings (SSSR count). The lowest BCUT2D eigenvalue weighted by Crippen LogP contribution is -2.42. The third-order valence-corrected chi connectivity index (χ3v) is 6.32. The Hall–Kier alpha value is -2.66. The SMILES string of the molecule is O=C(Nc1ccccc1)C1CN(C(=O)CCc2ccccc2)CC12CCOCC2. The fraction of sp³-hybridized carbons (Fsp3) is 0.417. The van der Waals surface area contributed by atoms with E-state index < -0.39 is 0 Å². The molecule has 152 valence electrons. The Morgan fingerprint density at radius 2 is 1.66 bits per heavy atom. The van der Waals surface area contributed by atoms with E-state index in [0.29, 0.717) is 32.7 Å². The molecule has 1 spiro atoms. The maximum absolute atomic E-state index is 13.1. The molecule has 0 aliphatic carbocycles. The number of anilines is 1. The van der Waals surface area contributed by atoms with Crippen molar-refractivity contribution in [2.45, 2.75) is 25.7 Å². The van der Waals surface area contributed by atoms with Gasteiger partial charge >= 0.3 is 0 Å². The smallest absolute Gasteiger partial charge is 0.229 e. The zero-order chi connectivity index (χ0) is 20.1. The number of hydrogen-bond donors (Lipinski definition) is 1. The van der Waals surface area contributed by atoms with Gasteiger partial charge in [-0.2, -0.15) is 0 Å². The largest absolute Gasteiger partial charge is 0.381 e. The summed E-state index contributed by atoms with van der Waals surface area (Å²) in [4.78, 5) is 28.0. The number of rotatable bonds is 5. The van der Waals surface area contributed by atoms with Crippen LogP contribution < -0.4 is 5.32 Å². The topological polar surface area (TPSA) is 58.6 Å². The Morgan fingerprint density at radius 1 is 1.00 bits per heavy atom. The van der Waals surface area contributed by atoms with Crippen LogP contribution in [0.3, 0.4) is 0 Å². The summed E-state index contributed by atoms with van der Waals surface area (Å²) in [5.74, 6) is -0.0570. The van der Waals surface area contributed by atoms with E-state index in [-0.39, 0.29) is 23.1 Å². The maximum atomic E-state index is 13.1. The molecule has 2 aliphatic rings. The normalized spacial score (nSPS) is 20.6. The van der Waals surface area contributed by atoms with E-state index in [1.807, 2.05) is 65.6 Å². The van der Waals surface area contributed by atoms with Crippen LogP contribution in [-0.2, 0) is 20.7 Å². The summed E-state index contributed by atoms with van der Waals surface area (Å²) in [6, 6.07) is 19.6. The highest BCUT2D eigenvalue weighted by Crippen LogP contribution is 2.45. The zero-order valence-electron chi connectivity index (χ0n) is 16.7. The van der Waals surface area contributed by atoms with E-state index >= 15 is 0 Å². The molecule has 1 N–H and O–H groups in total. The van der Waals surface area contributed by atoms with Crippen molar-refractivity contribution in [2.24, 2.45) is 11.3 Å². The molecule has 0 bridgehead atoms. The summed E-state index contributed by atoms with van der Waals surface area (Å²) in [5, 5.41) is 3.06. The Morgan fingerprint density at radius 3 is 2.34 bits per heavy atom. The summed E-state index contributed by atoms with van der Waals surface area (Å²) in [6.07, 6.45) is 2.85. The number of likely N-dealkylation sites (tertiary alicyclic amines) is 1. The number of carbonyl (C=O) groups is 2. The van der Waals surface area contributed by atoms with Crippen molar-refractivity contribution in [3.63, 3.8) is 0 Å². The minimum atomic E-state index is -0.202. The van der Waals surface area contributed by atoms with Crippen LogP contribution in [0.15, 0.2) is 60.7 Å². The maximum Gasteiger partial charge on any atom is 0.229 e. The first-order chi connectivity index (χ1) is 14.2. The third kappa shape index (κ3) is 4.51. The number of nitrogens with one attached hydrogen (secondary N) is 1. The van der Waals surface area contributed by atoms with Crippen LogP contribution in [0.4, 0.5) is 5.69 Å². The van der Waals surface area contributed by atoms with Crippen molar-refractivity contribution in [1.82, 2.24) is 4.90 Å². The molecular formula is C24H28N2O3. The monoisotopic (exact) mass is 392 g/mol. The Balaban J connectivity index is 1.45. The molecule has 2 aromatic rings. The van der Waals surface area contributed by atoms with Crippen LogP contribution in [0.2, 0.25) is 0 Å². The molecule has 2 fully saturated rings. The van der Waals surface area contributed by atoms with Gasteiger partial charge in [-0.05, 0) is 37.0 Å². The van der Waals surface area contributed by atoms with Crippen LogP contribution in [0.5, 0.6) is 0 Å². The van der Waals surface area contributed by atoms with Crippen LogP contribution in [-0.4, -0.2) is 43.0 Å². The molecule has 5 nitrogen and oxygen atoms in total. The van der Waals surface area contributed by atoms with Gasteiger partial charge in [0.05, 0.1) is 5.92 Å². The van der Waals surface area contributed by atoms with Crippen molar-refractivity contribution in [3.05, 3.63) is 66.2 Å². The van der Waals surface area contributed by atoms with Gasteiger partial charge in [-0.1, -0.05) is 48.5 Å². The number of para-hydroxylation sites is 1. The van der Waals surface area contributed by atoms with Crippen molar-refractivity contribution >= 4 is 17.5 Å². The highest BCUT2D eigenvalue weighted by atomic mass is 16.5. The number of hydrogen-bond acceptors (Lipinski definition) is 3. The summed E-state index contributed by atoms with van der Waals surface area (Å²) in [7, 11) is 0. The van der Waals surface area contributed by atoms with E-state index in [2.05, 4.69) is 5.32 Å². The predicted molar refractivity (Wildman–Crippen MR) is 112 cm³/mol. The third-order valence-electron chi connectivity index (χ3n) is 6.32. The Bertz CT molecular complexity index is 832. The van der Waals surface area contributed by atoms with Gasteiger partial charge in [0, 0.05) is 43.8 Å². The van der Waals surface area contributed by atoms with Crippen LogP contribution in [0.1, 0.15) is 24.8 Å². The second kappa shape index (κ2) is 8.78. The molecule has 0 saturated carbocycles. The van der Waals surface area contributed by atoms with Crippen molar-refractivity contribution in [1.29, 1.82) is 0 Å². The second-order valence-corrected chi connectivity index (χ2v) is 8.14. The molecule has 2 saturated heterocycles. The van der Waals surface area contributed by atoms with Gasteiger partial charge in [0.15, 0.2) is 0 Å². The summed E-state index contributed by atoms with van der Waals surface area (Å²) in [6.45, 7) is 2.45.